The minimum atomic E-state index is 0.749. The van der Waals surface area contributed by atoms with Gasteiger partial charge < -0.3 is 9.64 Å². The maximum Gasteiger partial charge on any atom is 0.232 e. The van der Waals surface area contributed by atoms with Gasteiger partial charge in [0.2, 0.25) is 5.95 Å². The third kappa shape index (κ3) is 3.87. The van der Waals surface area contributed by atoms with Crippen molar-refractivity contribution in [1.82, 2.24) is 14.8 Å². The van der Waals surface area contributed by atoms with E-state index in [4.69, 9.17) is 4.74 Å². The third-order valence-corrected chi connectivity index (χ3v) is 4.91. The molecule has 1 fully saturated rings. The number of benzene rings is 1. The fourth-order valence-corrected chi connectivity index (χ4v) is 3.65. The number of ether oxygens (including phenoxy) is 1. The first-order valence-corrected chi connectivity index (χ1v) is 9.26. The Labute approximate surface area is 142 Å². The number of thioether (sulfide) groups is 1. The van der Waals surface area contributed by atoms with Crippen molar-refractivity contribution in [2.45, 2.75) is 31.8 Å². The Morgan fingerprint density at radius 2 is 2.04 bits per heavy atom. The van der Waals surface area contributed by atoms with Crippen molar-refractivity contribution in [1.29, 1.82) is 0 Å². The molecule has 0 saturated carbocycles. The van der Waals surface area contributed by atoms with Crippen LogP contribution >= 0.6 is 11.8 Å². The Morgan fingerprint density at radius 3 is 2.78 bits per heavy atom. The number of anilines is 1. The van der Waals surface area contributed by atoms with E-state index in [2.05, 4.69) is 57.8 Å². The van der Waals surface area contributed by atoms with E-state index in [1.54, 1.807) is 11.8 Å². The summed E-state index contributed by atoms with van der Waals surface area (Å²) in [4.78, 5) is 2.27. The van der Waals surface area contributed by atoms with Crippen LogP contribution in [0, 0.1) is 6.92 Å². The average Bonchev–Trinajstić information content (AvgIpc) is 3.00. The Balaban J connectivity index is 1.95. The van der Waals surface area contributed by atoms with Crippen LogP contribution in [0.3, 0.4) is 0 Å². The highest BCUT2D eigenvalue weighted by Gasteiger charge is 2.21. The van der Waals surface area contributed by atoms with Crippen LogP contribution in [0.4, 0.5) is 5.95 Å². The van der Waals surface area contributed by atoms with Crippen molar-refractivity contribution in [3.8, 4) is 5.69 Å². The number of unbranched alkanes of at least 4 members (excludes halogenated alkanes) is 1. The highest BCUT2D eigenvalue weighted by Crippen LogP contribution is 2.28. The van der Waals surface area contributed by atoms with E-state index >= 15 is 0 Å². The van der Waals surface area contributed by atoms with Gasteiger partial charge in [-0.15, -0.1) is 10.2 Å². The van der Waals surface area contributed by atoms with Crippen LogP contribution in [0.15, 0.2) is 29.4 Å². The Morgan fingerprint density at radius 1 is 1.22 bits per heavy atom. The van der Waals surface area contributed by atoms with Crippen molar-refractivity contribution in [3.63, 3.8) is 0 Å². The van der Waals surface area contributed by atoms with Crippen molar-refractivity contribution in [2.24, 2.45) is 0 Å². The molecule has 0 amide bonds. The van der Waals surface area contributed by atoms with Crippen LogP contribution in [-0.4, -0.2) is 46.8 Å². The zero-order valence-electron chi connectivity index (χ0n) is 13.9. The first-order chi connectivity index (χ1) is 11.3. The Hall–Kier alpha value is -1.53. The van der Waals surface area contributed by atoms with Crippen LogP contribution < -0.4 is 4.90 Å². The molecule has 3 rings (SSSR count). The van der Waals surface area contributed by atoms with Crippen LogP contribution in [0.2, 0.25) is 0 Å². The maximum absolute atomic E-state index is 5.47. The normalized spacial score (nSPS) is 15.1. The first-order valence-electron chi connectivity index (χ1n) is 8.27. The van der Waals surface area contributed by atoms with Gasteiger partial charge in [-0.25, -0.2) is 0 Å². The predicted octanol–water partition coefficient (Wildman–Crippen LogP) is 3.30. The predicted molar refractivity (Wildman–Crippen MR) is 94.8 cm³/mol. The minimum Gasteiger partial charge on any atom is -0.378 e. The summed E-state index contributed by atoms with van der Waals surface area (Å²) in [6.45, 7) is 7.56. The standard InChI is InChI=1S/C17H24N4OS/c1-3-4-12-23-17-19-18-16(20-8-10-22-11-9-20)21(17)15-7-5-6-14(2)13-15/h5-7,13H,3-4,8-12H2,1-2H3. The molecular formula is C17H24N4OS. The summed E-state index contributed by atoms with van der Waals surface area (Å²) in [6, 6.07) is 8.53. The zero-order chi connectivity index (χ0) is 16.1. The SMILES string of the molecule is CCCCSc1nnc(N2CCOCC2)n1-c1cccc(C)c1. The lowest BCUT2D eigenvalue weighted by Crippen LogP contribution is -2.37. The molecule has 1 aliphatic rings. The lowest BCUT2D eigenvalue weighted by Gasteiger charge is -2.28. The van der Waals surface area contributed by atoms with Gasteiger partial charge in [0.05, 0.1) is 18.9 Å². The number of hydrogen-bond donors (Lipinski definition) is 0. The quantitative estimate of drug-likeness (QED) is 0.600. The van der Waals surface area contributed by atoms with Gasteiger partial charge >= 0.3 is 0 Å². The number of hydrogen-bond acceptors (Lipinski definition) is 5. The van der Waals surface area contributed by atoms with E-state index in [0.29, 0.717) is 0 Å². The minimum absolute atomic E-state index is 0.749. The molecule has 124 valence electrons. The smallest absolute Gasteiger partial charge is 0.232 e. The second-order valence-corrected chi connectivity index (χ2v) is 6.82. The molecule has 1 aromatic heterocycles. The number of morpholine rings is 1. The van der Waals surface area contributed by atoms with Gasteiger partial charge in [-0.2, -0.15) is 0 Å². The second kappa shape index (κ2) is 7.84. The summed E-state index contributed by atoms with van der Waals surface area (Å²) >= 11 is 1.79. The lowest BCUT2D eigenvalue weighted by molar-refractivity contribution is 0.122. The van der Waals surface area contributed by atoms with Crippen LogP contribution in [-0.2, 0) is 4.74 Å². The molecule has 5 nitrogen and oxygen atoms in total. The monoisotopic (exact) mass is 332 g/mol. The third-order valence-electron chi connectivity index (χ3n) is 3.90. The molecular weight excluding hydrogens is 308 g/mol. The number of rotatable bonds is 6. The summed E-state index contributed by atoms with van der Waals surface area (Å²) in [7, 11) is 0. The fourth-order valence-electron chi connectivity index (χ4n) is 2.62. The Kier molecular flexibility index (Phi) is 5.56. The van der Waals surface area contributed by atoms with Crippen molar-refractivity contribution in [3.05, 3.63) is 29.8 Å². The van der Waals surface area contributed by atoms with Gasteiger partial charge in [0.15, 0.2) is 5.16 Å². The molecule has 0 atom stereocenters. The molecule has 1 saturated heterocycles. The molecule has 23 heavy (non-hydrogen) atoms. The summed E-state index contributed by atoms with van der Waals surface area (Å²) < 4.78 is 7.66. The molecule has 0 unspecified atom stereocenters. The average molecular weight is 332 g/mol. The highest BCUT2D eigenvalue weighted by atomic mass is 32.2. The van der Waals surface area contributed by atoms with E-state index in [-0.39, 0.29) is 0 Å². The number of aryl methyl sites for hydroxylation is 1. The van der Waals surface area contributed by atoms with Crippen molar-refractivity contribution >= 4 is 17.7 Å². The summed E-state index contributed by atoms with van der Waals surface area (Å²) in [5.74, 6) is 2.00. The second-order valence-electron chi connectivity index (χ2n) is 5.76. The molecule has 2 aromatic rings. The fraction of sp³-hybridized carbons (Fsp3) is 0.529. The molecule has 0 spiro atoms. The molecule has 1 aliphatic heterocycles. The van der Waals surface area contributed by atoms with E-state index in [1.165, 1.54) is 18.4 Å². The molecule has 0 bridgehead atoms. The van der Waals surface area contributed by atoms with Crippen LogP contribution in [0.1, 0.15) is 25.3 Å². The van der Waals surface area contributed by atoms with Gasteiger partial charge in [-0.1, -0.05) is 37.2 Å². The molecule has 0 aliphatic carbocycles. The van der Waals surface area contributed by atoms with Crippen molar-refractivity contribution in [2.75, 3.05) is 37.0 Å². The van der Waals surface area contributed by atoms with Gasteiger partial charge in [0.25, 0.3) is 0 Å². The topological polar surface area (TPSA) is 43.2 Å². The molecule has 6 heteroatoms. The number of aromatic nitrogens is 3. The maximum atomic E-state index is 5.47. The van der Waals surface area contributed by atoms with Crippen molar-refractivity contribution < 1.29 is 4.74 Å². The summed E-state index contributed by atoms with van der Waals surface area (Å²) in [6.07, 6.45) is 2.39. The Bertz CT molecular complexity index is 637. The molecule has 0 radical (unpaired) electrons. The summed E-state index contributed by atoms with van der Waals surface area (Å²) in [5.41, 5.74) is 2.38. The van der Waals surface area contributed by atoms with Gasteiger partial charge in [-0.05, 0) is 31.0 Å². The number of nitrogens with zero attached hydrogens (tertiary/aromatic N) is 4. The van der Waals surface area contributed by atoms with Gasteiger partial charge in [0.1, 0.15) is 0 Å². The van der Waals surface area contributed by atoms with E-state index in [0.717, 1.165) is 48.8 Å². The molecule has 2 heterocycles. The van der Waals surface area contributed by atoms with Gasteiger partial charge in [0, 0.05) is 18.8 Å². The summed E-state index contributed by atoms with van der Waals surface area (Å²) in [5, 5.41) is 9.93. The zero-order valence-corrected chi connectivity index (χ0v) is 14.7. The highest BCUT2D eigenvalue weighted by molar-refractivity contribution is 7.99. The van der Waals surface area contributed by atoms with E-state index < -0.39 is 0 Å². The van der Waals surface area contributed by atoms with Crippen LogP contribution in [0.25, 0.3) is 5.69 Å². The van der Waals surface area contributed by atoms with E-state index in [1.807, 2.05) is 0 Å². The largest absolute Gasteiger partial charge is 0.378 e. The van der Waals surface area contributed by atoms with Crippen LogP contribution in [0.5, 0.6) is 0 Å². The first kappa shape index (κ1) is 16.3. The molecule has 1 aromatic carbocycles. The molecule has 0 N–H and O–H groups in total. The lowest BCUT2D eigenvalue weighted by atomic mass is 10.2. The van der Waals surface area contributed by atoms with E-state index in [9.17, 15) is 0 Å². The van der Waals surface area contributed by atoms with Gasteiger partial charge in [-0.3, -0.25) is 4.57 Å².